The first kappa shape index (κ1) is 15.9. The van der Waals surface area contributed by atoms with Gasteiger partial charge in [-0.1, -0.05) is 31.0 Å². The Kier molecular flexibility index (Phi) is 4.74. The number of ether oxygens (including phenoxy) is 1. The highest BCUT2D eigenvalue weighted by molar-refractivity contribution is 5.78. The minimum atomic E-state index is 0.0920. The number of benzene rings is 1. The molecule has 4 rings (SSSR count). The van der Waals surface area contributed by atoms with Gasteiger partial charge in [-0.05, 0) is 44.2 Å². The molecule has 1 aliphatic carbocycles. The van der Waals surface area contributed by atoms with Crippen LogP contribution in [-0.4, -0.2) is 36.5 Å². The summed E-state index contributed by atoms with van der Waals surface area (Å²) in [6.07, 6.45) is 8.79. The Bertz CT molecular complexity index is 587. The summed E-state index contributed by atoms with van der Waals surface area (Å²) in [5.74, 6) is 1.91. The minimum absolute atomic E-state index is 0.0920. The Labute approximate surface area is 144 Å². The van der Waals surface area contributed by atoms with E-state index >= 15 is 0 Å². The highest BCUT2D eigenvalue weighted by atomic mass is 16.5. The van der Waals surface area contributed by atoms with Crippen LogP contribution in [0.1, 0.15) is 56.6 Å². The molecule has 3 aliphatic rings. The molecule has 130 valence electrons. The summed E-state index contributed by atoms with van der Waals surface area (Å²) in [4.78, 5) is 15.1. The maximum atomic E-state index is 12.7. The first-order chi connectivity index (χ1) is 11.8. The fourth-order valence-electron chi connectivity index (χ4n) is 4.84. The van der Waals surface area contributed by atoms with Gasteiger partial charge >= 0.3 is 0 Å². The highest BCUT2D eigenvalue weighted by Crippen LogP contribution is 2.35. The number of piperidine rings is 1. The van der Waals surface area contributed by atoms with Crippen molar-refractivity contribution in [3.05, 3.63) is 29.8 Å². The van der Waals surface area contributed by atoms with Gasteiger partial charge in [-0.15, -0.1) is 0 Å². The van der Waals surface area contributed by atoms with Gasteiger partial charge in [0.1, 0.15) is 5.75 Å². The van der Waals surface area contributed by atoms with E-state index in [0.717, 1.165) is 30.2 Å². The molecule has 1 saturated carbocycles. The van der Waals surface area contributed by atoms with E-state index in [2.05, 4.69) is 16.3 Å². The van der Waals surface area contributed by atoms with E-state index in [9.17, 15) is 4.79 Å². The normalized spacial score (nSPS) is 29.9. The predicted octanol–water partition coefficient (Wildman–Crippen LogP) is 3.28. The molecule has 0 aromatic heterocycles. The van der Waals surface area contributed by atoms with E-state index < -0.39 is 0 Å². The molecular weight excluding hydrogens is 300 g/mol. The van der Waals surface area contributed by atoms with Crippen LogP contribution in [-0.2, 0) is 4.79 Å². The Hall–Kier alpha value is -1.55. The first-order valence-corrected chi connectivity index (χ1v) is 9.56. The molecule has 3 unspecified atom stereocenters. The zero-order valence-electron chi connectivity index (χ0n) is 14.4. The summed E-state index contributed by atoms with van der Waals surface area (Å²) >= 11 is 0. The molecule has 0 radical (unpaired) electrons. The molecule has 24 heavy (non-hydrogen) atoms. The van der Waals surface area contributed by atoms with Crippen molar-refractivity contribution in [2.75, 3.05) is 19.7 Å². The third-order valence-electron chi connectivity index (χ3n) is 6.00. The average molecular weight is 328 g/mol. The Morgan fingerprint density at radius 1 is 1.12 bits per heavy atom. The molecule has 3 atom stereocenters. The van der Waals surface area contributed by atoms with Crippen LogP contribution < -0.4 is 10.1 Å². The number of hydrogen-bond donors (Lipinski definition) is 1. The summed E-state index contributed by atoms with van der Waals surface area (Å²) in [6.45, 7) is 2.32. The molecule has 1 amide bonds. The number of nitrogens with zero attached hydrogens (tertiary/aromatic N) is 1. The maximum Gasteiger partial charge on any atom is 0.234 e. The van der Waals surface area contributed by atoms with Crippen molar-refractivity contribution >= 4 is 5.91 Å². The number of nitrogens with one attached hydrogen (secondary N) is 1. The lowest BCUT2D eigenvalue weighted by Crippen LogP contribution is -2.50. The van der Waals surface area contributed by atoms with Crippen molar-refractivity contribution in [1.82, 2.24) is 10.2 Å². The van der Waals surface area contributed by atoms with Gasteiger partial charge in [-0.25, -0.2) is 0 Å². The van der Waals surface area contributed by atoms with E-state index in [1.165, 1.54) is 38.5 Å². The second-order valence-electron chi connectivity index (χ2n) is 7.52. The largest absolute Gasteiger partial charge is 0.493 e. The van der Waals surface area contributed by atoms with E-state index in [-0.39, 0.29) is 11.9 Å². The molecule has 2 aliphatic heterocycles. The molecule has 2 heterocycles. The first-order valence-electron chi connectivity index (χ1n) is 9.56. The van der Waals surface area contributed by atoms with Crippen LogP contribution in [0, 0.1) is 5.92 Å². The molecule has 2 fully saturated rings. The number of rotatable bonds is 3. The Morgan fingerprint density at radius 2 is 1.96 bits per heavy atom. The van der Waals surface area contributed by atoms with Crippen molar-refractivity contribution in [3.63, 3.8) is 0 Å². The molecule has 1 aromatic carbocycles. The van der Waals surface area contributed by atoms with Crippen molar-refractivity contribution in [1.29, 1.82) is 0 Å². The summed E-state index contributed by atoms with van der Waals surface area (Å²) in [5, 5.41) is 3.26. The quantitative estimate of drug-likeness (QED) is 0.926. The smallest absolute Gasteiger partial charge is 0.234 e. The van der Waals surface area contributed by atoms with Crippen LogP contribution in [0.15, 0.2) is 24.3 Å². The summed E-state index contributed by atoms with van der Waals surface area (Å²) in [7, 11) is 0. The minimum Gasteiger partial charge on any atom is -0.493 e. The van der Waals surface area contributed by atoms with Gasteiger partial charge < -0.3 is 10.1 Å². The van der Waals surface area contributed by atoms with Crippen molar-refractivity contribution in [2.24, 2.45) is 5.92 Å². The third-order valence-corrected chi connectivity index (χ3v) is 6.00. The number of carbonyl (C=O) groups excluding carboxylic acids is 1. The molecule has 4 nitrogen and oxygen atoms in total. The zero-order valence-corrected chi connectivity index (χ0v) is 14.4. The summed E-state index contributed by atoms with van der Waals surface area (Å²) in [6, 6.07) is 8.79. The van der Waals surface area contributed by atoms with Crippen LogP contribution in [0.4, 0.5) is 0 Å². The van der Waals surface area contributed by atoms with Crippen LogP contribution in [0.5, 0.6) is 5.75 Å². The fraction of sp³-hybridized carbons (Fsp3) is 0.650. The zero-order chi connectivity index (χ0) is 16.4. The number of likely N-dealkylation sites (tertiary alicyclic amines) is 1. The monoisotopic (exact) mass is 328 g/mol. The second kappa shape index (κ2) is 7.14. The lowest BCUT2D eigenvalue weighted by Gasteiger charge is -2.44. The second-order valence-corrected chi connectivity index (χ2v) is 7.52. The van der Waals surface area contributed by atoms with Gasteiger partial charge in [-0.3, -0.25) is 9.69 Å². The van der Waals surface area contributed by atoms with Crippen molar-refractivity contribution in [3.8, 4) is 5.75 Å². The van der Waals surface area contributed by atoms with E-state index in [4.69, 9.17) is 4.74 Å². The molecule has 4 heteroatoms. The Morgan fingerprint density at radius 3 is 2.92 bits per heavy atom. The molecule has 0 spiro atoms. The SMILES string of the molecule is O=C(CN1CCCC2CCCCC21)NC1CCOc2ccccc21. The predicted molar refractivity (Wildman–Crippen MR) is 94.0 cm³/mol. The lowest BCUT2D eigenvalue weighted by atomic mass is 9.78. The number of carbonyl (C=O) groups is 1. The molecular formula is C20H28N2O2. The van der Waals surface area contributed by atoms with Crippen LogP contribution in [0.25, 0.3) is 0 Å². The van der Waals surface area contributed by atoms with Gasteiger partial charge in [0.2, 0.25) is 5.91 Å². The van der Waals surface area contributed by atoms with E-state index in [0.29, 0.717) is 19.2 Å². The standard InChI is InChI=1S/C20H28N2O2/c23-20(14-22-12-5-7-15-6-1-3-9-18(15)22)21-17-11-13-24-19-10-4-2-8-16(17)19/h2,4,8,10,15,17-18H,1,3,5-7,9,11-14H2,(H,21,23). The van der Waals surface area contributed by atoms with E-state index in [1.807, 2.05) is 18.2 Å². The molecule has 1 N–H and O–H groups in total. The van der Waals surface area contributed by atoms with Gasteiger partial charge in [0.25, 0.3) is 0 Å². The van der Waals surface area contributed by atoms with E-state index in [1.54, 1.807) is 0 Å². The Balaban J connectivity index is 1.38. The van der Waals surface area contributed by atoms with Crippen LogP contribution in [0.2, 0.25) is 0 Å². The summed E-state index contributed by atoms with van der Waals surface area (Å²) in [5.41, 5.74) is 1.12. The molecule has 0 bridgehead atoms. The number of para-hydroxylation sites is 1. The van der Waals surface area contributed by atoms with Crippen molar-refractivity contribution < 1.29 is 9.53 Å². The maximum absolute atomic E-state index is 12.7. The highest BCUT2D eigenvalue weighted by Gasteiger charge is 2.34. The van der Waals surface area contributed by atoms with Gasteiger partial charge in [0, 0.05) is 18.0 Å². The van der Waals surface area contributed by atoms with Gasteiger partial charge in [-0.2, -0.15) is 0 Å². The molecule has 1 saturated heterocycles. The van der Waals surface area contributed by atoms with Crippen LogP contribution in [0.3, 0.4) is 0 Å². The average Bonchev–Trinajstić information content (AvgIpc) is 2.62. The lowest BCUT2D eigenvalue weighted by molar-refractivity contribution is -0.124. The fourth-order valence-corrected chi connectivity index (χ4v) is 4.84. The molecule has 1 aromatic rings. The van der Waals surface area contributed by atoms with Gasteiger partial charge in [0.15, 0.2) is 0 Å². The van der Waals surface area contributed by atoms with Gasteiger partial charge in [0.05, 0.1) is 19.2 Å². The number of hydrogen-bond acceptors (Lipinski definition) is 3. The summed E-state index contributed by atoms with van der Waals surface area (Å²) < 4.78 is 5.69. The number of amides is 1. The van der Waals surface area contributed by atoms with Crippen molar-refractivity contribution in [2.45, 2.75) is 57.0 Å². The van der Waals surface area contributed by atoms with Crippen LogP contribution >= 0.6 is 0 Å². The topological polar surface area (TPSA) is 41.6 Å². The third kappa shape index (κ3) is 3.30. The number of fused-ring (bicyclic) bond motifs is 2.